The molecule has 2 aromatic rings. The quantitative estimate of drug-likeness (QED) is 0.858. The molecule has 1 saturated heterocycles. The minimum atomic E-state index is -0.0614. The molecule has 3 rings (SSSR count). The van der Waals surface area contributed by atoms with E-state index in [1.54, 1.807) is 7.11 Å². The minimum absolute atomic E-state index is 0.0614. The number of nitrogens with zero attached hydrogens (tertiary/aromatic N) is 1. The van der Waals surface area contributed by atoms with E-state index in [1.807, 2.05) is 37.3 Å². The first-order chi connectivity index (χ1) is 12.7. The van der Waals surface area contributed by atoms with Crippen molar-refractivity contribution in [2.75, 3.05) is 25.6 Å². The van der Waals surface area contributed by atoms with E-state index in [0.717, 1.165) is 31.6 Å². The molecule has 4 nitrogen and oxygen atoms in total. The van der Waals surface area contributed by atoms with Crippen LogP contribution < -0.4 is 5.32 Å². The maximum absolute atomic E-state index is 12.9. The lowest BCUT2D eigenvalue weighted by molar-refractivity contribution is -0.125. The van der Waals surface area contributed by atoms with Gasteiger partial charge in [-0.1, -0.05) is 48.0 Å². The average molecular weight is 352 g/mol. The Hall–Kier alpha value is -2.17. The summed E-state index contributed by atoms with van der Waals surface area (Å²) < 4.78 is 5.47. The Morgan fingerprint density at radius 2 is 1.88 bits per heavy atom. The third-order valence-corrected chi connectivity index (χ3v) is 5.12. The van der Waals surface area contributed by atoms with Crippen molar-refractivity contribution in [2.45, 2.75) is 32.4 Å². The maximum atomic E-state index is 12.9. The standard InChI is InChI=1S/C22H28N2O2/c1-17-10-12-19(13-11-17)23-22(25)20-9-6-14-24(21(20)16-26-2)15-18-7-4-3-5-8-18/h3-5,7-8,10-13,20-21H,6,9,14-16H2,1-2H3,(H,23,25)/t20-,21-/m1/s1. The van der Waals surface area contributed by atoms with Crippen LogP contribution in [0.4, 0.5) is 5.69 Å². The van der Waals surface area contributed by atoms with Crippen LogP contribution in [-0.4, -0.2) is 37.1 Å². The molecule has 0 aromatic heterocycles. The summed E-state index contributed by atoms with van der Waals surface area (Å²) in [5.41, 5.74) is 3.32. The number of benzene rings is 2. The summed E-state index contributed by atoms with van der Waals surface area (Å²) >= 11 is 0. The number of hydrogen-bond acceptors (Lipinski definition) is 3. The molecule has 1 aliphatic heterocycles. The molecule has 2 aromatic carbocycles. The van der Waals surface area contributed by atoms with Gasteiger partial charge >= 0.3 is 0 Å². The summed E-state index contributed by atoms with van der Waals surface area (Å²) in [6.45, 7) is 4.46. The van der Waals surface area contributed by atoms with E-state index in [-0.39, 0.29) is 17.9 Å². The van der Waals surface area contributed by atoms with Crippen LogP contribution in [0.3, 0.4) is 0 Å². The molecule has 1 heterocycles. The minimum Gasteiger partial charge on any atom is -0.383 e. The van der Waals surface area contributed by atoms with Crippen molar-refractivity contribution in [3.8, 4) is 0 Å². The van der Waals surface area contributed by atoms with Crippen molar-refractivity contribution < 1.29 is 9.53 Å². The molecular weight excluding hydrogens is 324 g/mol. The lowest BCUT2D eigenvalue weighted by Gasteiger charge is -2.40. The Balaban J connectivity index is 1.71. The number of rotatable bonds is 6. The molecule has 0 saturated carbocycles. The highest BCUT2D eigenvalue weighted by molar-refractivity contribution is 5.93. The highest BCUT2D eigenvalue weighted by Crippen LogP contribution is 2.27. The van der Waals surface area contributed by atoms with Gasteiger partial charge in [-0.25, -0.2) is 0 Å². The lowest BCUT2D eigenvalue weighted by Crippen LogP contribution is -2.51. The highest BCUT2D eigenvalue weighted by Gasteiger charge is 2.36. The van der Waals surface area contributed by atoms with Gasteiger partial charge in [-0.2, -0.15) is 0 Å². The van der Waals surface area contributed by atoms with E-state index in [4.69, 9.17) is 4.74 Å². The molecule has 0 bridgehead atoms. The lowest BCUT2D eigenvalue weighted by atomic mass is 9.88. The van der Waals surface area contributed by atoms with Crippen LogP contribution in [-0.2, 0) is 16.1 Å². The smallest absolute Gasteiger partial charge is 0.229 e. The van der Waals surface area contributed by atoms with E-state index in [0.29, 0.717) is 6.61 Å². The number of piperidine rings is 1. The Labute approximate surface area is 156 Å². The maximum Gasteiger partial charge on any atom is 0.229 e. The molecule has 138 valence electrons. The molecule has 1 fully saturated rings. The Kier molecular flexibility index (Phi) is 6.42. The number of methoxy groups -OCH3 is 1. The van der Waals surface area contributed by atoms with Gasteiger partial charge in [0.15, 0.2) is 0 Å². The van der Waals surface area contributed by atoms with Crippen molar-refractivity contribution in [3.05, 3.63) is 65.7 Å². The van der Waals surface area contributed by atoms with Crippen LogP contribution in [0, 0.1) is 12.8 Å². The van der Waals surface area contributed by atoms with Crippen LogP contribution in [0.15, 0.2) is 54.6 Å². The van der Waals surface area contributed by atoms with E-state index >= 15 is 0 Å². The number of amides is 1. The zero-order valence-corrected chi connectivity index (χ0v) is 15.7. The van der Waals surface area contributed by atoms with Crippen molar-refractivity contribution >= 4 is 11.6 Å². The SMILES string of the molecule is COC[C@@H]1[C@H](C(=O)Nc2ccc(C)cc2)CCCN1Cc1ccccc1. The second-order valence-corrected chi connectivity index (χ2v) is 7.08. The molecule has 0 aliphatic carbocycles. The van der Waals surface area contributed by atoms with Crippen molar-refractivity contribution in [3.63, 3.8) is 0 Å². The summed E-state index contributed by atoms with van der Waals surface area (Å²) in [4.78, 5) is 15.3. The van der Waals surface area contributed by atoms with Crippen molar-refractivity contribution in [1.82, 2.24) is 4.90 Å². The van der Waals surface area contributed by atoms with E-state index in [1.165, 1.54) is 11.1 Å². The largest absolute Gasteiger partial charge is 0.383 e. The van der Waals surface area contributed by atoms with Crippen molar-refractivity contribution in [1.29, 1.82) is 0 Å². The number of nitrogens with one attached hydrogen (secondary N) is 1. The third-order valence-electron chi connectivity index (χ3n) is 5.12. The first-order valence-corrected chi connectivity index (χ1v) is 9.32. The molecule has 0 unspecified atom stereocenters. The molecular formula is C22H28N2O2. The van der Waals surface area contributed by atoms with E-state index in [9.17, 15) is 4.79 Å². The zero-order chi connectivity index (χ0) is 18.4. The molecule has 1 aliphatic rings. The monoisotopic (exact) mass is 352 g/mol. The van der Waals surface area contributed by atoms with Gasteiger partial charge in [0, 0.05) is 25.4 Å². The average Bonchev–Trinajstić information content (AvgIpc) is 2.66. The van der Waals surface area contributed by atoms with Gasteiger partial charge in [0.2, 0.25) is 5.91 Å². The second kappa shape index (κ2) is 8.97. The first-order valence-electron chi connectivity index (χ1n) is 9.32. The van der Waals surface area contributed by atoms with Gasteiger partial charge in [0.05, 0.1) is 12.5 Å². The third kappa shape index (κ3) is 4.71. The molecule has 2 atom stereocenters. The van der Waals surface area contributed by atoms with Crippen LogP contribution in [0.5, 0.6) is 0 Å². The Morgan fingerprint density at radius 3 is 2.58 bits per heavy atom. The highest BCUT2D eigenvalue weighted by atomic mass is 16.5. The molecule has 4 heteroatoms. The Morgan fingerprint density at radius 1 is 1.15 bits per heavy atom. The predicted octanol–water partition coefficient (Wildman–Crippen LogP) is 3.86. The molecule has 0 radical (unpaired) electrons. The van der Waals surface area contributed by atoms with E-state index in [2.05, 4.69) is 34.5 Å². The van der Waals surface area contributed by atoms with Crippen LogP contribution in [0.1, 0.15) is 24.0 Å². The van der Waals surface area contributed by atoms with Gasteiger partial charge in [-0.05, 0) is 44.0 Å². The number of ether oxygens (including phenoxy) is 1. The fraction of sp³-hybridized carbons (Fsp3) is 0.409. The summed E-state index contributed by atoms with van der Waals surface area (Å²) in [5, 5.41) is 3.09. The number of likely N-dealkylation sites (tertiary alicyclic amines) is 1. The van der Waals surface area contributed by atoms with Gasteiger partial charge in [-0.15, -0.1) is 0 Å². The van der Waals surface area contributed by atoms with Crippen molar-refractivity contribution in [2.24, 2.45) is 5.92 Å². The second-order valence-electron chi connectivity index (χ2n) is 7.08. The number of carbonyl (C=O) groups excluding carboxylic acids is 1. The molecule has 0 spiro atoms. The zero-order valence-electron chi connectivity index (χ0n) is 15.7. The first kappa shape index (κ1) is 18.6. The van der Waals surface area contributed by atoms with Crippen LogP contribution in [0.25, 0.3) is 0 Å². The normalized spacial score (nSPS) is 20.7. The topological polar surface area (TPSA) is 41.6 Å². The summed E-state index contributed by atoms with van der Waals surface area (Å²) in [6, 6.07) is 18.5. The fourth-order valence-corrected chi connectivity index (χ4v) is 3.71. The predicted molar refractivity (Wildman–Crippen MR) is 105 cm³/mol. The van der Waals surface area contributed by atoms with Crippen LogP contribution >= 0.6 is 0 Å². The van der Waals surface area contributed by atoms with Crippen LogP contribution in [0.2, 0.25) is 0 Å². The summed E-state index contributed by atoms with van der Waals surface area (Å²) in [6.07, 6.45) is 1.93. The number of aryl methyl sites for hydroxylation is 1. The summed E-state index contributed by atoms with van der Waals surface area (Å²) in [5.74, 6) is 0.0300. The Bertz CT molecular complexity index is 700. The molecule has 1 amide bonds. The number of carbonyl (C=O) groups is 1. The van der Waals surface area contributed by atoms with Gasteiger partial charge in [0.25, 0.3) is 0 Å². The van der Waals surface area contributed by atoms with Gasteiger partial charge in [-0.3, -0.25) is 9.69 Å². The fourth-order valence-electron chi connectivity index (χ4n) is 3.71. The molecule has 26 heavy (non-hydrogen) atoms. The van der Waals surface area contributed by atoms with Gasteiger partial charge in [0.1, 0.15) is 0 Å². The van der Waals surface area contributed by atoms with E-state index < -0.39 is 0 Å². The number of hydrogen-bond donors (Lipinski definition) is 1. The molecule has 1 N–H and O–H groups in total. The number of anilines is 1. The summed E-state index contributed by atoms with van der Waals surface area (Å²) in [7, 11) is 1.71. The van der Waals surface area contributed by atoms with Gasteiger partial charge < -0.3 is 10.1 Å².